The van der Waals surface area contributed by atoms with E-state index >= 15 is 0 Å². The van der Waals surface area contributed by atoms with E-state index in [-0.39, 0.29) is 12.8 Å². The van der Waals surface area contributed by atoms with Gasteiger partial charge in [-0.3, -0.25) is 4.68 Å². The molecule has 0 atom stereocenters. The highest BCUT2D eigenvalue weighted by Gasteiger charge is 2.17. The van der Waals surface area contributed by atoms with Crippen molar-refractivity contribution in [2.45, 2.75) is 25.4 Å². The first-order valence-corrected chi connectivity index (χ1v) is 8.33. The van der Waals surface area contributed by atoms with Crippen molar-refractivity contribution < 1.29 is 19.0 Å². The van der Waals surface area contributed by atoms with Crippen LogP contribution in [0.5, 0.6) is 11.5 Å². The van der Waals surface area contributed by atoms with E-state index in [0.29, 0.717) is 24.0 Å². The molecule has 4 rings (SSSR count). The molecule has 1 aromatic carbocycles. The number of amides is 2. The zero-order valence-electron chi connectivity index (χ0n) is 13.7. The lowest BCUT2D eigenvalue weighted by Gasteiger charge is -2.22. The lowest BCUT2D eigenvalue weighted by atomic mass is 10.1. The summed E-state index contributed by atoms with van der Waals surface area (Å²) in [6.45, 7) is 2.15. The predicted octanol–water partition coefficient (Wildman–Crippen LogP) is 2.29. The molecule has 2 aliphatic rings. The van der Waals surface area contributed by atoms with Crippen LogP contribution in [-0.4, -0.2) is 35.8 Å². The number of benzene rings is 1. The highest BCUT2D eigenvalue weighted by atomic mass is 16.7. The SMILES string of the molecule is O=C(NCc1ccc2c(c1)OCO2)Nc1cnn(C2CCOCC2)c1. The molecule has 0 spiro atoms. The zero-order chi connectivity index (χ0) is 17.1. The quantitative estimate of drug-likeness (QED) is 0.889. The van der Waals surface area contributed by atoms with E-state index in [1.807, 2.05) is 29.1 Å². The average Bonchev–Trinajstić information content (AvgIpc) is 3.29. The molecule has 0 unspecified atom stereocenters. The molecule has 2 aromatic rings. The van der Waals surface area contributed by atoms with E-state index < -0.39 is 0 Å². The third-order valence-electron chi connectivity index (χ3n) is 4.31. The third kappa shape index (κ3) is 3.69. The van der Waals surface area contributed by atoms with Gasteiger partial charge in [0.05, 0.1) is 17.9 Å². The highest BCUT2D eigenvalue weighted by Crippen LogP contribution is 2.32. The first kappa shape index (κ1) is 15.8. The molecule has 8 heteroatoms. The summed E-state index contributed by atoms with van der Waals surface area (Å²) in [4.78, 5) is 12.1. The van der Waals surface area contributed by atoms with Gasteiger partial charge in [-0.25, -0.2) is 4.79 Å². The van der Waals surface area contributed by atoms with Crippen LogP contribution in [0.1, 0.15) is 24.4 Å². The van der Waals surface area contributed by atoms with Crippen LogP contribution in [0.2, 0.25) is 0 Å². The summed E-state index contributed by atoms with van der Waals surface area (Å²) < 4.78 is 17.9. The first-order valence-electron chi connectivity index (χ1n) is 8.33. The van der Waals surface area contributed by atoms with Crippen LogP contribution in [0.4, 0.5) is 10.5 Å². The van der Waals surface area contributed by atoms with Crippen LogP contribution in [0.15, 0.2) is 30.6 Å². The normalized spacial score (nSPS) is 16.6. The summed E-state index contributed by atoms with van der Waals surface area (Å²) in [5.74, 6) is 1.44. The molecule has 132 valence electrons. The maximum absolute atomic E-state index is 12.1. The van der Waals surface area contributed by atoms with Crippen LogP contribution < -0.4 is 20.1 Å². The van der Waals surface area contributed by atoms with Crippen LogP contribution in [0.25, 0.3) is 0 Å². The Bertz CT molecular complexity index is 755. The van der Waals surface area contributed by atoms with Crippen LogP contribution in [-0.2, 0) is 11.3 Å². The Morgan fingerprint density at radius 3 is 2.96 bits per heavy atom. The average molecular weight is 344 g/mol. The van der Waals surface area contributed by atoms with Gasteiger partial charge in [-0.1, -0.05) is 6.07 Å². The van der Waals surface area contributed by atoms with E-state index in [2.05, 4.69) is 15.7 Å². The monoisotopic (exact) mass is 344 g/mol. The van der Waals surface area contributed by atoms with Crippen molar-refractivity contribution in [2.75, 3.05) is 25.3 Å². The van der Waals surface area contributed by atoms with Crippen molar-refractivity contribution >= 4 is 11.7 Å². The maximum atomic E-state index is 12.1. The Balaban J connectivity index is 1.29. The minimum atomic E-state index is -0.274. The molecule has 0 radical (unpaired) electrons. The van der Waals surface area contributed by atoms with Gasteiger partial charge in [0.2, 0.25) is 6.79 Å². The van der Waals surface area contributed by atoms with E-state index in [9.17, 15) is 4.79 Å². The summed E-state index contributed by atoms with van der Waals surface area (Å²) in [6, 6.07) is 5.67. The second-order valence-corrected chi connectivity index (χ2v) is 6.05. The molecular weight excluding hydrogens is 324 g/mol. The molecule has 3 heterocycles. The van der Waals surface area contributed by atoms with Crippen molar-refractivity contribution in [3.05, 3.63) is 36.2 Å². The highest BCUT2D eigenvalue weighted by molar-refractivity contribution is 5.88. The summed E-state index contributed by atoms with van der Waals surface area (Å²) in [5.41, 5.74) is 1.62. The summed E-state index contributed by atoms with van der Waals surface area (Å²) in [5, 5.41) is 9.97. The molecule has 1 fully saturated rings. The van der Waals surface area contributed by atoms with E-state index in [1.54, 1.807) is 6.20 Å². The Morgan fingerprint density at radius 1 is 1.24 bits per heavy atom. The molecule has 0 aliphatic carbocycles. The molecule has 0 bridgehead atoms. The standard InChI is InChI=1S/C17H20N4O4/c22-17(18-8-12-1-2-15-16(7-12)25-11-24-15)20-13-9-19-21(10-13)14-3-5-23-6-4-14/h1-2,7,9-10,14H,3-6,8,11H2,(H2,18,20,22). The summed E-state index contributed by atoms with van der Waals surface area (Å²) >= 11 is 0. The minimum Gasteiger partial charge on any atom is -0.454 e. The van der Waals surface area contributed by atoms with Gasteiger partial charge in [-0.15, -0.1) is 0 Å². The van der Waals surface area contributed by atoms with Crippen LogP contribution in [0, 0.1) is 0 Å². The van der Waals surface area contributed by atoms with Crippen molar-refractivity contribution in [1.29, 1.82) is 0 Å². The summed E-state index contributed by atoms with van der Waals surface area (Å²) in [6.07, 6.45) is 5.40. The second-order valence-electron chi connectivity index (χ2n) is 6.05. The van der Waals surface area contributed by atoms with Gasteiger partial charge in [0.15, 0.2) is 11.5 Å². The number of fused-ring (bicyclic) bond motifs is 1. The van der Waals surface area contributed by atoms with Crippen molar-refractivity contribution in [3.63, 3.8) is 0 Å². The van der Waals surface area contributed by atoms with Crippen LogP contribution in [0.3, 0.4) is 0 Å². The number of ether oxygens (including phenoxy) is 3. The molecule has 8 nitrogen and oxygen atoms in total. The first-order chi connectivity index (χ1) is 12.3. The van der Waals surface area contributed by atoms with E-state index in [1.165, 1.54) is 0 Å². The van der Waals surface area contributed by atoms with Gasteiger partial charge in [-0.2, -0.15) is 5.10 Å². The number of rotatable bonds is 4. The molecule has 2 amide bonds. The van der Waals surface area contributed by atoms with E-state index in [4.69, 9.17) is 14.2 Å². The number of anilines is 1. The van der Waals surface area contributed by atoms with Gasteiger partial charge in [0.25, 0.3) is 0 Å². The molecule has 25 heavy (non-hydrogen) atoms. The van der Waals surface area contributed by atoms with E-state index in [0.717, 1.165) is 37.4 Å². The van der Waals surface area contributed by atoms with Gasteiger partial charge < -0.3 is 24.8 Å². The molecule has 1 saturated heterocycles. The fourth-order valence-corrected chi connectivity index (χ4v) is 2.96. The lowest BCUT2D eigenvalue weighted by molar-refractivity contribution is 0.0662. The second kappa shape index (κ2) is 7.02. The fourth-order valence-electron chi connectivity index (χ4n) is 2.96. The largest absolute Gasteiger partial charge is 0.454 e. The number of carbonyl (C=O) groups is 1. The smallest absolute Gasteiger partial charge is 0.319 e. The van der Waals surface area contributed by atoms with Crippen molar-refractivity contribution in [3.8, 4) is 11.5 Å². The predicted molar refractivity (Wildman–Crippen MR) is 89.7 cm³/mol. The third-order valence-corrected chi connectivity index (χ3v) is 4.31. The van der Waals surface area contributed by atoms with Gasteiger partial charge >= 0.3 is 6.03 Å². The maximum Gasteiger partial charge on any atom is 0.319 e. The number of hydrogen-bond acceptors (Lipinski definition) is 5. The summed E-state index contributed by atoms with van der Waals surface area (Å²) in [7, 11) is 0. The van der Waals surface area contributed by atoms with Gasteiger partial charge in [-0.05, 0) is 30.5 Å². The molecular formula is C17H20N4O4. The molecule has 2 aliphatic heterocycles. The minimum absolute atomic E-state index is 0.240. The molecule has 1 aromatic heterocycles. The Kier molecular flexibility index (Phi) is 4.43. The Morgan fingerprint density at radius 2 is 2.08 bits per heavy atom. The number of carbonyl (C=O) groups excluding carboxylic acids is 1. The fraction of sp³-hybridized carbons (Fsp3) is 0.412. The molecule has 0 saturated carbocycles. The van der Waals surface area contributed by atoms with Gasteiger partial charge in [0.1, 0.15) is 0 Å². The number of aromatic nitrogens is 2. The topological polar surface area (TPSA) is 86.6 Å². The number of urea groups is 1. The number of nitrogens with zero attached hydrogens (tertiary/aromatic N) is 2. The zero-order valence-corrected chi connectivity index (χ0v) is 13.7. The van der Waals surface area contributed by atoms with Crippen molar-refractivity contribution in [2.24, 2.45) is 0 Å². The number of nitrogens with one attached hydrogen (secondary N) is 2. The van der Waals surface area contributed by atoms with Gasteiger partial charge in [0, 0.05) is 26.0 Å². The Labute approximate surface area is 145 Å². The number of hydrogen-bond donors (Lipinski definition) is 2. The van der Waals surface area contributed by atoms with Crippen LogP contribution >= 0.6 is 0 Å². The molecule has 2 N–H and O–H groups in total. The lowest BCUT2D eigenvalue weighted by Crippen LogP contribution is -2.28. The Hall–Kier alpha value is -2.74. The van der Waals surface area contributed by atoms with Crippen molar-refractivity contribution in [1.82, 2.24) is 15.1 Å².